The molecule has 0 aliphatic carbocycles. The molecule has 0 amide bonds. The normalized spacial score (nSPS) is 11.3. The first-order chi connectivity index (χ1) is 10.6. The number of rotatable bonds is 4. The molecule has 22 heavy (non-hydrogen) atoms. The third-order valence-electron chi connectivity index (χ3n) is 3.91. The van der Waals surface area contributed by atoms with E-state index >= 15 is 0 Å². The van der Waals surface area contributed by atoms with E-state index in [1.54, 1.807) is 0 Å². The van der Waals surface area contributed by atoms with Gasteiger partial charge in [-0.2, -0.15) is 0 Å². The van der Waals surface area contributed by atoms with Crippen molar-refractivity contribution in [3.8, 4) is 0 Å². The lowest BCUT2D eigenvalue weighted by Gasteiger charge is -2.07. The van der Waals surface area contributed by atoms with Gasteiger partial charge in [0.15, 0.2) is 5.78 Å². The van der Waals surface area contributed by atoms with Crippen LogP contribution in [-0.2, 0) is 6.42 Å². The average Bonchev–Trinajstić information content (AvgIpc) is 2.83. The van der Waals surface area contributed by atoms with Crippen LogP contribution in [-0.4, -0.2) is 10.8 Å². The number of H-pyrrole nitrogens is 1. The molecule has 0 fully saturated rings. The van der Waals surface area contributed by atoms with Crippen LogP contribution in [0.4, 0.5) is 0 Å². The number of aryl methyl sites for hydroxylation is 1. The Kier molecular flexibility index (Phi) is 3.84. The number of benzene rings is 2. The second-order valence-corrected chi connectivity index (χ2v) is 6.32. The van der Waals surface area contributed by atoms with Gasteiger partial charge in [-0.1, -0.05) is 55.8 Å². The summed E-state index contributed by atoms with van der Waals surface area (Å²) in [5, 5.41) is 1.03. The van der Waals surface area contributed by atoms with Crippen molar-refractivity contribution < 1.29 is 4.79 Å². The molecule has 2 aromatic carbocycles. The highest BCUT2D eigenvalue weighted by atomic mass is 16.1. The third-order valence-corrected chi connectivity index (χ3v) is 3.91. The van der Waals surface area contributed by atoms with Gasteiger partial charge in [0.1, 0.15) is 0 Å². The second kappa shape index (κ2) is 5.80. The number of fused-ring (bicyclic) bond motifs is 1. The van der Waals surface area contributed by atoms with Crippen LogP contribution in [0.5, 0.6) is 0 Å². The molecule has 0 radical (unpaired) electrons. The Morgan fingerprint density at radius 1 is 1.09 bits per heavy atom. The van der Waals surface area contributed by atoms with Gasteiger partial charge in [-0.05, 0) is 31.4 Å². The standard InChI is InChI=1S/C20H21NO/c1-13(2)11-18-19(20(22)15-7-5-4-6-8-15)16-12-14(3)9-10-17(16)21-18/h4-10,12-13,21H,11H2,1-3H3. The second-order valence-electron chi connectivity index (χ2n) is 6.32. The first-order valence-corrected chi connectivity index (χ1v) is 7.77. The fourth-order valence-corrected chi connectivity index (χ4v) is 2.92. The predicted octanol–water partition coefficient (Wildman–Crippen LogP) is 4.91. The maximum Gasteiger partial charge on any atom is 0.195 e. The number of carbonyl (C=O) groups excluding carboxylic acids is 1. The van der Waals surface area contributed by atoms with Gasteiger partial charge in [-0.15, -0.1) is 0 Å². The smallest absolute Gasteiger partial charge is 0.195 e. The van der Waals surface area contributed by atoms with Crippen molar-refractivity contribution >= 4 is 16.7 Å². The van der Waals surface area contributed by atoms with Crippen molar-refractivity contribution in [2.75, 3.05) is 0 Å². The summed E-state index contributed by atoms with van der Waals surface area (Å²) in [7, 11) is 0. The number of aromatic amines is 1. The molecule has 112 valence electrons. The maximum absolute atomic E-state index is 13.0. The lowest BCUT2D eigenvalue weighted by molar-refractivity contribution is 0.103. The van der Waals surface area contributed by atoms with Crippen molar-refractivity contribution in [3.63, 3.8) is 0 Å². The molecular weight excluding hydrogens is 270 g/mol. The fourth-order valence-electron chi connectivity index (χ4n) is 2.92. The van der Waals surface area contributed by atoms with Crippen LogP contribution >= 0.6 is 0 Å². The first kappa shape index (κ1) is 14.6. The van der Waals surface area contributed by atoms with Crippen molar-refractivity contribution in [2.24, 2.45) is 5.92 Å². The van der Waals surface area contributed by atoms with Gasteiger partial charge in [0.25, 0.3) is 0 Å². The molecule has 3 rings (SSSR count). The molecule has 1 N–H and O–H groups in total. The van der Waals surface area contributed by atoms with Crippen molar-refractivity contribution in [1.82, 2.24) is 4.98 Å². The molecule has 0 saturated heterocycles. The summed E-state index contributed by atoms with van der Waals surface area (Å²) in [5.74, 6) is 0.601. The average molecular weight is 291 g/mol. The Bertz CT molecular complexity index is 812. The lowest BCUT2D eigenvalue weighted by atomic mass is 9.96. The minimum Gasteiger partial charge on any atom is -0.358 e. The summed E-state index contributed by atoms with van der Waals surface area (Å²) >= 11 is 0. The molecule has 0 aliphatic heterocycles. The number of hydrogen-bond acceptors (Lipinski definition) is 1. The van der Waals surface area contributed by atoms with E-state index in [4.69, 9.17) is 0 Å². The molecule has 0 atom stereocenters. The Morgan fingerprint density at radius 3 is 2.50 bits per heavy atom. The van der Waals surface area contributed by atoms with Crippen molar-refractivity contribution in [1.29, 1.82) is 0 Å². The molecule has 2 nitrogen and oxygen atoms in total. The topological polar surface area (TPSA) is 32.9 Å². The largest absolute Gasteiger partial charge is 0.358 e. The highest BCUT2D eigenvalue weighted by Crippen LogP contribution is 2.27. The highest BCUT2D eigenvalue weighted by Gasteiger charge is 2.20. The number of nitrogens with one attached hydrogen (secondary N) is 1. The van der Waals surface area contributed by atoms with E-state index in [9.17, 15) is 4.79 Å². The Balaban J connectivity index is 2.20. The van der Waals surface area contributed by atoms with Gasteiger partial charge in [0.2, 0.25) is 0 Å². The molecule has 0 unspecified atom stereocenters. The minimum absolute atomic E-state index is 0.105. The molecule has 1 heterocycles. The van der Waals surface area contributed by atoms with Crippen LogP contribution in [0, 0.1) is 12.8 Å². The first-order valence-electron chi connectivity index (χ1n) is 7.77. The van der Waals surface area contributed by atoms with Gasteiger partial charge >= 0.3 is 0 Å². The lowest BCUT2D eigenvalue weighted by Crippen LogP contribution is -2.06. The van der Waals surface area contributed by atoms with E-state index in [0.717, 1.165) is 34.1 Å². The summed E-state index contributed by atoms with van der Waals surface area (Å²) in [6.07, 6.45) is 0.877. The van der Waals surface area contributed by atoms with Crippen LogP contribution in [0.25, 0.3) is 10.9 Å². The summed E-state index contributed by atoms with van der Waals surface area (Å²) in [6, 6.07) is 15.8. The Hall–Kier alpha value is -2.35. The fraction of sp³-hybridized carbons (Fsp3) is 0.250. The maximum atomic E-state index is 13.0. The van der Waals surface area contributed by atoms with E-state index < -0.39 is 0 Å². The quantitative estimate of drug-likeness (QED) is 0.681. The summed E-state index contributed by atoms with van der Waals surface area (Å²) in [4.78, 5) is 16.5. The highest BCUT2D eigenvalue weighted by molar-refractivity contribution is 6.17. The molecule has 2 heteroatoms. The SMILES string of the molecule is Cc1ccc2[nH]c(CC(C)C)c(C(=O)c3ccccc3)c2c1. The summed E-state index contributed by atoms with van der Waals surface area (Å²) in [5.41, 5.74) is 4.84. The van der Waals surface area contributed by atoms with Crippen LogP contribution in [0.3, 0.4) is 0 Å². The van der Waals surface area contributed by atoms with Gasteiger partial charge in [-0.3, -0.25) is 4.79 Å². The zero-order valence-corrected chi connectivity index (χ0v) is 13.3. The zero-order chi connectivity index (χ0) is 15.7. The summed E-state index contributed by atoms with van der Waals surface area (Å²) < 4.78 is 0. The van der Waals surface area contributed by atoms with E-state index in [1.807, 2.05) is 30.3 Å². The number of hydrogen-bond donors (Lipinski definition) is 1. The molecular formula is C20H21NO. The monoisotopic (exact) mass is 291 g/mol. The molecule has 0 aliphatic rings. The molecule has 0 saturated carbocycles. The number of aromatic nitrogens is 1. The molecule has 3 aromatic rings. The van der Waals surface area contributed by atoms with Crippen LogP contribution in [0.2, 0.25) is 0 Å². The Labute approximate surface area is 131 Å². The Morgan fingerprint density at radius 2 is 1.82 bits per heavy atom. The van der Waals surface area contributed by atoms with Crippen LogP contribution < -0.4 is 0 Å². The molecule has 0 spiro atoms. The molecule has 1 aromatic heterocycles. The summed E-state index contributed by atoms with van der Waals surface area (Å²) in [6.45, 7) is 6.41. The van der Waals surface area contributed by atoms with Gasteiger partial charge < -0.3 is 4.98 Å². The minimum atomic E-state index is 0.105. The number of carbonyl (C=O) groups is 1. The van der Waals surface area contributed by atoms with Gasteiger partial charge in [0.05, 0.1) is 5.56 Å². The van der Waals surface area contributed by atoms with Gasteiger partial charge in [-0.25, -0.2) is 0 Å². The number of ketones is 1. The van der Waals surface area contributed by atoms with E-state index in [0.29, 0.717) is 5.92 Å². The van der Waals surface area contributed by atoms with Gasteiger partial charge in [0, 0.05) is 22.2 Å². The van der Waals surface area contributed by atoms with Crippen molar-refractivity contribution in [2.45, 2.75) is 27.2 Å². The van der Waals surface area contributed by atoms with Crippen LogP contribution in [0.1, 0.15) is 41.0 Å². The van der Waals surface area contributed by atoms with Crippen molar-refractivity contribution in [3.05, 3.63) is 70.9 Å². The predicted molar refractivity (Wildman–Crippen MR) is 91.5 cm³/mol. The third kappa shape index (κ3) is 2.69. The van der Waals surface area contributed by atoms with E-state index in [2.05, 4.69) is 44.0 Å². The van der Waals surface area contributed by atoms with Crippen LogP contribution in [0.15, 0.2) is 48.5 Å². The zero-order valence-electron chi connectivity index (χ0n) is 13.3. The molecule has 0 bridgehead atoms. The van der Waals surface area contributed by atoms with E-state index in [-0.39, 0.29) is 5.78 Å². The van der Waals surface area contributed by atoms with E-state index in [1.165, 1.54) is 5.56 Å².